The third kappa shape index (κ3) is 4.61. The maximum atomic E-state index is 10.3. The van der Waals surface area contributed by atoms with Crippen LogP contribution in [0.5, 0.6) is 0 Å². The Morgan fingerprint density at radius 3 is 2.67 bits per heavy atom. The van der Waals surface area contributed by atoms with Gasteiger partial charge in [-0.3, -0.25) is 4.79 Å². The van der Waals surface area contributed by atoms with Gasteiger partial charge in [0.25, 0.3) is 0 Å². The molecule has 0 bridgehead atoms. The maximum absolute atomic E-state index is 10.3. The van der Waals surface area contributed by atoms with Crippen molar-refractivity contribution in [3.8, 4) is 0 Å². The molecule has 15 heavy (non-hydrogen) atoms. The van der Waals surface area contributed by atoms with Crippen molar-refractivity contribution in [1.29, 1.82) is 0 Å². The molecule has 1 aromatic carbocycles. The Balaban J connectivity index is 2.25. The van der Waals surface area contributed by atoms with Crippen molar-refractivity contribution >= 4 is 5.97 Å². The number of aliphatic carboxylic acids is 1. The van der Waals surface area contributed by atoms with Gasteiger partial charge in [-0.1, -0.05) is 30.3 Å². The van der Waals surface area contributed by atoms with Gasteiger partial charge < -0.3 is 10.4 Å². The zero-order chi connectivity index (χ0) is 11.1. The molecule has 1 rings (SSSR count). The van der Waals surface area contributed by atoms with E-state index in [-0.39, 0.29) is 12.5 Å². The molecule has 0 fully saturated rings. The Morgan fingerprint density at radius 2 is 2.07 bits per heavy atom. The lowest BCUT2D eigenvalue weighted by Gasteiger charge is -2.13. The maximum Gasteiger partial charge on any atom is 0.303 e. The number of benzene rings is 1. The molecule has 0 amide bonds. The number of carbonyl (C=O) groups is 1. The predicted molar refractivity (Wildman–Crippen MR) is 59.7 cm³/mol. The van der Waals surface area contributed by atoms with Crippen LogP contribution >= 0.6 is 0 Å². The summed E-state index contributed by atoms with van der Waals surface area (Å²) >= 11 is 0. The van der Waals surface area contributed by atoms with Gasteiger partial charge in [0.2, 0.25) is 0 Å². The Kier molecular flexibility index (Phi) is 4.84. The van der Waals surface area contributed by atoms with E-state index in [0.29, 0.717) is 6.42 Å². The first-order valence-electron chi connectivity index (χ1n) is 5.20. The van der Waals surface area contributed by atoms with Gasteiger partial charge in [0.05, 0.1) is 0 Å². The monoisotopic (exact) mass is 207 g/mol. The minimum absolute atomic E-state index is 0.231. The molecule has 3 nitrogen and oxygen atoms in total. The standard InChI is InChI=1S/C12H17NO2/c1-10(11-6-3-2-4-7-11)13-9-5-8-12(14)15/h2-4,6-7,10,13H,5,8-9H2,1H3,(H,14,15)/t10-/m0/s1. The lowest BCUT2D eigenvalue weighted by Crippen LogP contribution is -2.20. The number of hydrogen-bond donors (Lipinski definition) is 2. The van der Waals surface area contributed by atoms with Crippen LogP contribution in [0.3, 0.4) is 0 Å². The van der Waals surface area contributed by atoms with Crippen molar-refractivity contribution in [2.45, 2.75) is 25.8 Å². The normalized spacial score (nSPS) is 12.3. The van der Waals surface area contributed by atoms with Gasteiger partial charge in [-0.05, 0) is 25.5 Å². The molecule has 0 saturated carbocycles. The van der Waals surface area contributed by atoms with Crippen LogP contribution in [0.25, 0.3) is 0 Å². The smallest absolute Gasteiger partial charge is 0.303 e. The number of carboxylic acids is 1. The molecule has 1 aromatic rings. The van der Waals surface area contributed by atoms with Crippen LogP contribution in [0.4, 0.5) is 0 Å². The van der Waals surface area contributed by atoms with Crippen molar-refractivity contribution in [2.75, 3.05) is 6.54 Å². The molecule has 0 saturated heterocycles. The van der Waals surface area contributed by atoms with Gasteiger partial charge >= 0.3 is 5.97 Å². The molecule has 0 aliphatic heterocycles. The Labute approximate surface area is 90.1 Å². The predicted octanol–water partition coefficient (Wildman–Crippen LogP) is 2.20. The first-order chi connectivity index (χ1) is 7.20. The summed E-state index contributed by atoms with van der Waals surface area (Å²) in [7, 11) is 0. The number of nitrogens with one attached hydrogen (secondary N) is 1. The van der Waals surface area contributed by atoms with E-state index >= 15 is 0 Å². The number of rotatable bonds is 6. The molecule has 2 N–H and O–H groups in total. The third-order valence-corrected chi connectivity index (χ3v) is 2.32. The SMILES string of the molecule is C[C@H](NCCCC(=O)O)c1ccccc1. The van der Waals surface area contributed by atoms with E-state index in [9.17, 15) is 4.79 Å². The van der Waals surface area contributed by atoms with Crippen LogP contribution in [0.15, 0.2) is 30.3 Å². The first-order valence-corrected chi connectivity index (χ1v) is 5.20. The highest BCUT2D eigenvalue weighted by Gasteiger charge is 2.03. The van der Waals surface area contributed by atoms with Crippen LogP contribution in [-0.4, -0.2) is 17.6 Å². The molecule has 0 aromatic heterocycles. The molecule has 0 radical (unpaired) electrons. The van der Waals surface area contributed by atoms with Gasteiger partial charge in [0.1, 0.15) is 0 Å². The molecule has 1 atom stereocenters. The molecule has 0 unspecified atom stereocenters. The second-order valence-electron chi connectivity index (χ2n) is 3.58. The first kappa shape index (κ1) is 11.7. The van der Waals surface area contributed by atoms with Gasteiger partial charge in [-0.2, -0.15) is 0 Å². The highest BCUT2D eigenvalue weighted by molar-refractivity contribution is 5.66. The summed E-state index contributed by atoms with van der Waals surface area (Å²) in [5, 5.41) is 11.8. The molecular weight excluding hydrogens is 190 g/mol. The molecule has 0 heterocycles. The molecule has 82 valence electrons. The van der Waals surface area contributed by atoms with Crippen molar-refractivity contribution in [2.24, 2.45) is 0 Å². The average Bonchev–Trinajstić information content (AvgIpc) is 2.25. The fourth-order valence-electron chi connectivity index (χ4n) is 1.42. The minimum Gasteiger partial charge on any atom is -0.481 e. The number of hydrogen-bond acceptors (Lipinski definition) is 2. The Hall–Kier alpha value is -1.35. The summed E-state index contributed by atoms with van der Waals surface area (Å²) in [5.74, 6) is -0.732. The largest absolute Gasteiger partial charge is 0.481 e. The molecule has 3 heteroatoms. The summed E-state index contributed by atoms with van der Waals surface area (Å²) in [6.45, 7) is 2.82. The zero-order valence-corrected chi connectivity index (χ0v) is 8.94. The molecule has 0 aliphatic carbocycles. The van der Waals surface area contributed by atoms with Crippen LogP contribution < -0.4 is 5.32 Å². The summed E-state index contributed by atoms with van der Waals surface area (Å²) in [6, 6.07) is 10.4. The Bertz CT molecular complexity index is 298. The second-order valence-corrected chi connectivity index (χ2v) is 3.58. The summed E-state index contributed by atoms with van der Waals surface area (Å²) < 4.78 is 0. The fourth-order valence-corrected chi connectivity index (χ4v) is 1.42. The third-order valence-electron chi connectivity index (χ3n) is 2.32. The van der Waals surface area contributed by atoms with Gasteiger partial charge in [0.15, 0.2) is 0 Å². The van der Waals surface area contributed by atoms with Gasteiger partial charge in [-0.15, -0.1) is 0 Å². The Morgan fingerprint density at radius 1 is 1.40 bits per heavy atom. The van der Waals surface area contributed by atoms with Crippen LogP contribution in [0, 0.1) is 0 Å². The van der Waals surface area contributed by atoms with Crippen molar-refractivity contribution in [3.63, 3.8) is 0 Å². The van der Waals surface area contributed by atoms with Crippen LogP contribution in [0.2, 0.25) is 0 Å². The molecule has 0 aliphatic rings. The van der Waals surface area contributed by atoms with E-state index in [2.05, 4.69) is 24.4 Å². The minimum atomic E-state index is -0.732. The van der Waals surface area contributed by atoms with E-state index < -0.39 is 5.97 Å². The topological polar surface area (TPSA) is 49.3 Å². The van der Waals surface area contributed by atoms with E-state index in [1.807, 2.05) is 18.2 Å². The quantitative estimate of drug-likeness (QED) is 0.703. The highest BCUT2D eigenvalue weighted by atomic mass is 16.4. The van der Waals surface area contributed by atoms with E-state index in [1.54, 1.807) is 0 Å². The second kappa shape index (κ2) is 6.19. The molecular formula is C12H17NO2. The fraction of sp³-hybridized carbons (Fsp3) is 0.417. The van der Waals surface area contributed by atoms with Crippen molar-refractivity contribution < 1.29 is 9.90 Å². The zero-order valence-electron chi connectivity index (χ0n) is 8.94. The van der Waals surface area contributed by atoms with E-state index in [0.717, 1.165) is 6.54 Å². The van der Waals surface area contributed by atoms with Crippen molar-refractivity contribution in [1.82, 2.24) is 5.32 Å². The number of carboxylic acid groups (broad SMARTS) is 1. The van der Waals surface area contributed by atoms with Gasteiger partial charge in [-0.25, -0.2) is 0 Å². The lowest BCUT2D eigenvalue weighted by molar-refractivity contribution is -0.137. The van der Waals surface area contributed by atoms with E-state index in [4.69, 9.17) is 5.11 Å². The van der Waals surface area contributed by atoms with Crippen LogP contribution in [0.1, 0.15) is 31.4 Å². The van der Waals surface area contributed by atoms with Crippen molar-refractivity contribution in [3.05, 3.63) is 35.9 Å². The average molecular weight is 207 g/mol. The summed E-state index contributed by atoms with van der Waals surface area (Å²) in [5.41, 5.74) is 1.23. The highest BCUT2D eigenvalue weighted by Crippen LogP contribution is 2.10. The lowest BCUT2D eigenvalue weighted by atomic mass is 10.1. The van der Waals surface area contributed by atoms with Crippen LogP contribution in [-0.2, 0) is 4.79 Å². The van der Waals surface area contributed by atoms with Gasteiger partial charge in [0, 0.05) is 12.5 Å². The van der Waals surface area contributed by atoms with E-state index in [1.165, 1.54) is 5.56 Å². The molecule has 0 spiro atoms. The summed E-state index contributed by atoms with van der Waals surface area (Å²) in [6.07, 6.45) is 0.904. The summed E-state index contributed by atoms with van der Waals surface area (Å²) in [4.78, 5) is 10.3.